The summed E-state index contributed by atoms with van der Waals surface area (Å²) in [6.45, 7) is 9.02. The molecule has 0 saturated carbocycles. The highest BCUT2D eigenvalue weighted by Crippen LogP contribution is 2.21. The molecule has 132 valence electrons. The fourth-order valence-corrected chi connectivity index (χ4v) is 3.02. The number of hydrogen-bond acceptors (Lipinski definition) is 4. The van der Waals surface area contributed by atoms with E-state index in [4.69, 9.17) is 0 Å². The predicted octanol–water partition coefficient (Wildman–Crippen LogP) is 3.17. The summed E-state index contributed by atoms with van der Waals surface area (Å²) < 4.78 is 0. The van der Waals surface area contributed by atoms with Crippen molar-refractivity contribution in [1.29, 1.82) is 0 Å². The van der Waals surface area contributed by atoms with Crippen LogP contribution in [-0.2, 0) is 6.54 Å². The minimum atomic E-state index is 0. The molecule has 0 aliphatic carbocycles. The summed E-state index contributed by atoms with van der Waals surface area (Å²) in [5, 5.41) is 3.26. The lowest BCUT2D eigenvalue weighted by Crippen LogP contribution is -2.34. The molecule has 0 amide bonds. The summed E-state index contributed by atoms with van der Waals surface area (Å²) in [6.07, 6.45) is 6.04. The van der Waals surface area contributed by atoms with E-state index >= 15 is 0 Å². The molecule has 0 bridgehead atoms. The number of halogens is 1. The van der Waals surface area contributed by atoms with Crippen molar-refractivity contribution in [3.05, 3.63) is 23.9 Å². The Hall–Kier alpha value is -0.840. The van der Waals surface area contributed by atoms with Crippen LogP contribution >= 0.6 is 12.4 Å². The smallest absolute Gasteiger partial charge is 0.128 e. The normalized spacial score (nSPS) is 16.4. The maximum atomic E-state index is 4.61. The Morgan fingerprint density at radius 1 is 1.30 bits per heavy atom. The van der Waals surface area contributed by atoms with E-state index in [1.54, 1.807) is 0 Å². The highest BCUT2D eigenvalue weighted by atomic mass is 35.5. The quantitative estimate of drug-likeness (QED) is 0.826. The zero-order chi connectivity index (χ0) is 15.9. The molecule has 1 fully saturated rings. The van der Waals surface area contributed by atoms with E-state index in [2.05, 4.69) is 53.1 Å². The molecular weight excluding hydrogens is 308 g/mol. The van der Waals surface area contributed by atoms with Crippen molar-refractivity contribution < 1.29 is 0 Å². The van der Waals surface area contributed by atoms with Crippen molar-refractivity contribution in [2.24, 2.45) is 5.92 Å². The Morgan fingerprint density at radius 2 is 2.00 bits per heavy atom. The van der Waals surface area contributed by atoms with Crippen LogP contribution in [0.4, 0.5) is 5.82 Å². The van der Waals surface area contributed by atoms with Crippen LogP contribution in [0.3, 0.4) is 0 Å². The molecule has 23 heavy (non-hydrogen) atoms. The average Bonchev–Trinajstić information content (AvgIpc) is 2.54. The third-order valence-corrected chi connectivity index (χ3v) is 4.86. The van der Waals surface area contributed by atoms with Gasteiger partial charge in [0.25, 0.3) is 0 Å². The molecule has 4 nitrogen and oxygen atoms in total. The van der Waals surface area contributed by atoms with E-state index in [0.29, 0.717) is 6.04 Å². The van der Waals surface area contributed by atoms with Gasteiger partial charge in [-0.2, -0.15) is 0 Å². The van der Waals surface area contributed by atoms with E-state index in [-0.39, 0.29) is 12.4 Å². The number of nitrogens with one attached hydrogen (secondary N) is 1. The van der Waals surface area contributed by atoms with Gasteiger partial charge < -0.3 is 10.2 Å². The van der Waals surface area contributed by atoms with Crippen LogP contribution in [0.5, 0.6) is 0 Å². The highest BCUT2D eigenvalue weighted by Gasteiger charge is 2.18. The summed E-state index contributed by atoms with van der Waals surface area (Å²) in [5.41, 5.74) is 1.33. The van der Waals surface area contributed by atoms with Gasteiger partial charge in [-0.3, -0.25) is 4.90 Å². The van der Waals surface area contributed by atoms with Crippen LogP contribution in [0.2, 0.25) is 0 Å². The van der Waals surface area contributed by atoms with Gasteiger partial charge >= 0.3 is 0 Å². The first-order valence-corrected chi connectivity index (χ1v) is 8.65. The molecule has 0 radical (unpaired) electrons. The fraction of sp³-hybridized carbons (Fsp3) is 0.722. The van der Waals surface area contributed by atoms with E-state index in [0.717, 1.165) is 24.8 Å². The molecule has 1 saturated heterocycles. The Kier molecular flexibility index (Phi) is 8.88. The van der Waals surface area contributed by atoms with Crippen molar-refractivity contribution in [2.45, 2.75) is 45.7 Å². The lowest BCUT2D eigenvalue weighted by molar-refractivity contribution is 0.172. The summed E-state index contributed by atoms with van der Waals surface area (Å²) in [7, 11) is 4.14. The molecule has 1 aromatic heterocycles. The van der Waals surface area contributed by atoms with Gasteiger partial charge in [0.1, 0.15) is 5.82 Å². The van der Waals surface area contributed by atoms with Gasteiger partial charge in [0.05, 0.1) is 0 Å². The highest BCUT2D eigenvalue weighted by molar-refractivity contribution is 5.85. The number of likely N-dealkylation sites (tertiary alicyclic amines) is 1. The van der Waals surface area contributed by atoms with Crippen molar-refractivity contribution in [3.8, 4) is 0 Å². The Bertz CT molecular complexity index is 427. The molecule has 1 aliphatic rings. The predicted molar refractivity (Wildman–Crippen MR) is 102 cm³/mol. The summed E-state index contributed by atoms with van der Waals surface area (Å²) in [5.74, 6) is 1.97. The fourth-order valence-electron chi connectivity index (χ4n) is 3.02. The number of pyridine rings is 1. The first kappa shape index (κ1) is 20.2. The summed E-state index contributed by atoms with van der Waals surface area (Å²) >= 11 is 0. The molecule has 0 unspecified atom stereocenters. The van der Waals surface area contributed by atoms with E-state index in [9.17, 15) is 0 Å². The number of anilines is 1. The second kappa shape index (κ2) is 10.1. The van der Waals surface area contributed by atoms with E-state index in [1.807, 2.05) is 13.2 Å². The monoisotopic (exact) mass is 340 g/mol. The minimum Gasteiger partial charge on any atom is -0.357 e. The molecular formula is C18H33ClN4. The second-order valence-electron chi connectivity index (χ2n) is 6.84. The van der Waals surface area contributed by atoms with Crippen LogP contribution in [0, 0.1) is 5.92 Å². The average molecular weight is 341 g/mol. The number of hydrogen-bond donors (Lipinski definition) is 1. The molecule has 1 aliphatic heterocycles. The number of nitrogens with zero attached hydrogens (tertiary/aromatic N) is 3. The standard InChI is InChI=1S/C18H32N4.ClH/c1-15(2)21(4)18-6-5-17(13-20-18)14-22-11-8-16(9-12-22)7-10-19-3;/h5-6,13,15-16,19H,7-12,14H2,1-4H3;1H. The van der Waals surface area contributed by atoms with Gasteiger partial charge in [0, 0.05) is 25.8 Å². The Labute approximate surface area is 148 Å². The lowest BCUT2D eigenvalue weighted by Gasteiger charge is -2.32. The molecule has 0 aromatic carbocycles. The van der Waals surface area contributed by atoms with Gasteiger partial charge in [-0.25, -0.2) is 4.98 Å². The molecule has 2 rings (SSSR count). The minimum absolute atomic E-state index is 0. The zero-order valence-electron chi connectivity index (χ0n) is 15.1. The number of rotatable bonds is 7. The second-order valence-corrected chi connectivity index (χ2v) is 6.84. The third-order valence-electron chi connectivity index (χ3n) is 4.86. The van der Waals surface area contributed by atoms with Crippen LogP contribution in [0.1, 0.15) is 38.7 Å². The largest absolute Gasteiger partial charge is 0.357 e. The molecule has 2 heterocycles. The third kappa shape index (κ3) is 6.28. The Balaban J connectivity index is 0.00000264. The number of piperidine rings is 1. The van der Waals surface area contributed by atoms with E-state index < -0.39 is 0 Å². The van der Waals surface area contributed by atoms with Crippen LogP contribution in [-0.4, -0.2) is 49.7 Å². The van der Waals surface area contributed by atoms with Gasteiger partial charge in [-0.15, -0.1) is 12.4 Å². The van der Waals surface area contributed by atoms with E-state index in [1.165, 1.54) is 37.9 Å². The van der Waals surface area contributed by atoms with Gasteiger partial charge in [0.2, 0.25) is 0 Å². The van der Waals surface area contributed by atoms with Crippen LogP contribution in [0.15, 0.2) is 18.3 Å². The number of aromatic nitrogens is 1. The van der Waals surface area contributed by atoms with Crippen molar-refractivity contribution in [2.75, 3.05) is 38.6 Å². The van der Waals surface area contributed by atoms with Crippen molar-refractivity contribution in [3.63, 3.8) is 0 Å². The lowest BCUT2D eigenvalue weighted by atomic mass is 9.93. The first-order chi connectivity index (χ1) is 10.6. The molecule has 1 aromatic rings. The topological polar surface area (TPSA) is 31.4 Å². The molecule has 0 atom stereocenters. The van der Waals surface area contributed by atoms with Crippen LogP contribution < -0.4 is 10.2 Å². The van der Waals surface area contributed by atoms with Crippen molar-refractivity contribution in [1.82, 2.24) is 15.2 Å². The molecule has 1 N–H and O–H groups in total. The van der Waals surface area contributed by atoms with Crippen molar-refractivity contribution >= 4 is 18.2 Å². The Morgan fingerprint density at radius 3 is 2.52 bits per heavy atom. The molecule has 5 heteroatoms. The zero-order valence-corrected chi connectivity index (χ0v) is 15.9. The maximum absolute atomic E-state index is 4.61. The van der Waals surface area contributed by atoms with Gasteiger partial charge in [-0.1, -0.05) is 6.07 Å². The molecule has 0 spiro atoms. The maximum Gasteiger partial charge on any atom is 0.128 e. The summed E-state index contributed by atoms with van der Waals surface area (Å²) in [6, 6.07) is 4.86. The summed E-state index contributed by atoms with van der Waals surface area (Å²) in [4.78, 5) is 9.39. The van der Waals surface area contributed by atoms with Gasteiger partial charge in [0.15, 0.2) is 0 Å². The van der Waals surface area contributed by atoms with Gasteiger partial charge in [-0.05, 0) is 77.3 Å². The first-order valence-electron chi connectivity index (χ1n) is 8.65. The van der Waals surface area contributed by atoms with Crippen LogP contribution in [0.25, 0.3) is 0 Å². The SMILES string of the molecule is CNCCC1CCN(Cc2ccc(N(C)C(C)C)nc2)CC1.Cl.